The van der Waals surface area contributed by atoms with Crippen molar-refractivity contribution in [3.8, 4) is 0 Å². The summed E-state index contributed by atoms with van der Waals surface area (Å²) in [6, 6.07) is -0.213. The number of aliphatic hydroxyl groups is 1. The molecular weight excluding hydrogens is 292 g/mol. The van der Waals surface area contributed by atoms with Gasteiger partial charge in [0, 0.05) is 19.0 Å². The van der Waals surface area contributed by atoms with E-state index in [9.17, 15) is 18.3 Å². The Bertz CT molecular complexity index is 428. The highest BCUT2D eigenvalue weighted by Gasteiger charge is 2.30. The zero-order valence-corrected chi connectivity index (χ0v) is 14.0. The second-order valence-corrected chi connectivity index (χ2v) is 8.35. The summed E-state index contributed by atoms with van der Waals surface area (Å²) in [7, 11) is -3.15. The number of nitrogens with zero attached hydrogens (tertiary/aromatic N) is 1. The minimum absolute atomic E-state index is 0.0625. The van der Waals surface area contributed by atoms with Gasteiger partial charge in [-0.05, 0) is 32.1 Å². The Kier molecular flexibility index (Phi) is 7.09. The average molecular weight is 320 g/mol. The minimum Gasteiger partial charge on any atom is -0.394 e. The highest BCUT2D eigenvalue weighted by Crippen LogP contribution is 2.20. The lowest BCUT2D eigenvalue weighted by Gasteiger charge is -2.31. The smallest absolute Gasteiger partial charge is 0.223 e. The molecule has 7 heteroatoms. The van der Waals surface area contributed by atoms with Gasteiger partial charge in [-0.25, -0.2) is 12.7 Å². The third-order valence-corrected chi connectivity index (χ3v) is 5.79. The van der Waals surface area contributed by atoms with Gasteiger partial charge < -0.3 is 10.4 Å². The molecule has 1 fully saturated rings. The Hall–Kier alpha value is -0.660. The van der Waals surface area contributed by atoms with Gasteiger partial charge in [-0.2, -0.15) is 0 Å². The number of amides is 1. The van der Waals surface area contributed by atoms with Crippen molar-refractivity contribution in [1.29, 1.82) is 0 Å². The molecule has 0 aliphatic carbocycles. The third-order valence-electron chi connectivity index (χ3n) is 3.91. The summed E-state index contributed by atoms with van der Waals surface area (Å²) in [6.07, 6.45) is 1.83. The largest absolute Gasteiger partial charge is 0.394 e. The second-order valence-electron chi connectivity index (χ2n) is 6.09. The Morgan fingerprint density at radius 1 is 1.33 bits per heavy atom. The van der Waals surface area contributed by atoms with E-state index in [1.54, 1.807) is 6.92 Å². The zero-order chi connectivity index (χ0) is 16.0. The number of carbonyl (C=O) groups is 1. The van der Waals surface area contributed by atoms with Gasteiger partial charge in [-0.1, -0.05) is 13.8 Å². The Morgan fingerprint density at radius 2 is 1.90 bits per heavy atom. The van der Waals surface area contributed by atoms with Crippen LogP contribution in [0, 0.1) is 11.8 Å². The van der Waals surface area contributed by atoms with Crippen molar-refractivity contribution >= 4 is 15.9 Å². The van der Waals surface area contributed by atoms with Crippen molar-refractivity contribution in [2.45, 2.75) is 46.1 Å². The third kappa shape index (κ3) is 5.56. The molecule has 0 radical (unpaired) electrons. The van der Waals surface area contributed by atoms with E-state index in [4.69, 9.17) is 0 Å². The molecule has 1 unspecified atom stereocenters. The molecule has 6 nitrogen and oxygen atoms in total. The average Bonchev–Trinajstić information content (AvgIpc) is 2.46. The molecule has 0 bridgehead atoms. The number of carbonyl (C=O) groups excluding carboxylic acids is 1. The van der Waals surface area contributed by atoms with Crippen molar-refractivity contribution in [2.24, 2.45) is 11.8 Å². The normalized spacial score (nSPS) is 19.7. The maximum absolute atomic E-state index is 12.2. The van der Waals surface area contributed by atoms with Gasteiger partial charge in [0.15, 0.2) is 0 Å². The molecule has 1 rings (SSSR count). The lowest BCUT2D eigenvalue weighted by Crippen LogP contribution is -2.46. The summed E-state index contributed by atoms with van der Waals surface area (Å²) in [6.45, 7) is 6.47. The van der Waals surface area contributed by atoms with E-state index in [1.807, 2.05) is 13.8 Å². The van der Waals surface area contributed by atoms with Crippen LogP contribution in [0.5, 0.6) is 0 Å². The minimum atomic E-state index is -3.15. The van der Waals surface area contributed by atoms with Crippen LogP contribution in [-0.2, 0) is 14.8 Å². The molecule has 124 valence electrons. The van der Waals surface area contributed by atoms with Crippen LogP contribution < -0.4 is 5.32 Å². The van der Waals surface area contributed by atoms with Crippen molar-refractivity contribution in [1.82, 2.24) is 9.62 Å². The standard InChI is InChI=1S/C14H28N2O4S/c1-4-21(19,20)16-7-5-12(6-8-16)14(18)15-13(10-17)9-11(2)3/h11-13,17H,4-10H2,1-3H3,(H,15,18). The number of sulfonamides is 1. The first-order chi connectivity index (χ1) is 9.80. The molecule has 2 N–H and O–H groups in total. The molecule has 0 aromatic carbocycles. The highest BCUT2D eigenvalue weighted by atomic mass is 32.2. The van der Waals surface area contributed by atoms with Gasteiger partial charge in [0.25, 0.3) is 0 Å². The maximum atomic E-state index is 12.2. The van der Waals surface area contributed by atoms with Crippen molar-refractivity contribution < 1.29 is 18.3 Å². The first kappa shape index (κ1) is 18.4. The van der Waals surface area contributed by atoms with E-state index >= 15 is 0 Å². The monoisotopic (exact) mass is 320 g/mol. The molecule has 0 spiro atoms. The van der Waals surface area contributed by atoms with Crippen LogP contribution in [0.1, 0.15) is 40.0 Å². The van der Waals surface area contributed by atoms with Crippen LogP contribution in [0.25, 0.3) is 0 Å². The summed E-state index contributed by atoms with van der Waals surface area (Å²) in [5.41, 5.74) is 0. The molecule has 1 heterocycles. The van der Waals surface area contributed by atoms with E-state index in [2.05, 4.69) is 5.32 Å². The molecule has 0 saturated carbocycles. The van der Waals surface area contributed by atoms with E-state index in [0.29, 0.717) is 31.8 Å². The lowest BCUT2D eigenvalue weighted by molar-refractivity contribution is -0.127. The molecule has 1 aliphatic heterocycles. The van der Waals surface area contributed by atoms with Crippen LogP contribution in [-0.4, -0.2) is 55.2 Å². The molecular formula is C14H28N2O4S. The van der Waals surface area contributed by atoms with Crippen LogP contribution in [0.4, 0.5) is 0 Å². The SMILES string of the molecule is CCS(=O)(=O)N1CCC(C(=O)NC(CO)CC(C)C)CC1. The predicted molar refractivity (Wildman–Crippen MR) is 82.2 cm³/mol. The number of nitrogens with one attached hydrogen (secondary N) is 1. The number of aliphatic hydroxyl groups excluding tert-OH is 1. The predicted octanol–water partition coefficient (Wildman–Crippen LogP) is 0.571. The van der Waals surface area contributed by atoms with Crippen molar-refractivity contribution in [3.63, 3.8) is 0 Å². The van der Waals surface area contributed by atoms with E-state index < -0.39 is 10.0 Å². The first-order valence-electron chi connectivity index (χ1n) is 7.69. The quantitative estimate of drug-likeness (QED) is 0.718. The summed E-state index contributed by atoms with van der Waals surface area (Å²) < 4.78 is 25.0. The fourth-order valence-corrected chi connectivity index (χ4v) is 3.78. The molecule has 1 amide bonds. The lowest BCUT2D eigenvalue weighted by atomic mass is 9.96. The first-order valence-corrected chi connectivity index (χ1v) is 9.30. The Balaban J connectivity index is 2.48. The van der Waals surface area contributed by atoms with E-state index in [0.717, 1.165) is 6.42 Å². The maximum Gasteiger partial charge on any atom is 0.223 e. The number of hydrogen-bond donors (Lipinski definition) is 2. The van der Waals surface area contributed by atoms with Crippen molar-refractivity contribution in [2.75, 3.05) is 25.4 Å². The van der Waals surface area contributed by atoms with E-state index in [1.165, 1.54) is 4.31 Å². The van der Waals surface area contributed by atoms with Crippen LogP contribution in [0.2, 0.25) is 0 Å². The van der Waals surface area contributed by atoms with Gasteiger partial charge >= 0.3 is 0 Å². The summed E-state index contributed by atoms with van der Waals surface area (Å²) in [5, 5.41) is 12.2. The van der Waals surface area contributed by atoms with Gasteiger partial charge in [0.1, 0.15) is 0 Å². The Labute approximate surface area is 128 Å². The van der Waals surface area contributed by atoms with Crippen molar-refractivity contribution in [3.05, 3.63) is 0 Å². The topological polar surface area (TPSA) is 86.7 Å². The summed E-state index contributed by atoms with van der Waals surface area (Å²) >= 11 is 0. The fourth-order valence-electron chi connectivity index (χ4n) is 2.65. The second kappa shape index (κ2) is 8.10. The van der Waals surface area contributed by atoms with Crippen LogP contribution >= 0.6 is 0 Å². The number of piperidine rings is 1. The van der Waals surface area contributed by atoms with Crippen LogP contribution in [0.15, 0.2) is 0 Å². The summed E-state index contributed by atoms with van der Waals surface area (Å²) in [4.78, 5) is 12.2. The van der Waals surface area contributed by atoms with Crippen LogP contribution in [0.3, 0.4) is 0 Å². The molecule has 1 aliphatic rings. The molecule has 21 heavy (non-hydrogen) atoms. The molecule has 0 aromatic rings. The summed E-state index contributed by atoms with van der Waals surface area (Å²) in [5.74, 6) is 0.280. The fraction of sp³-hybridized carbons (Fsp3) is 0.929. The highest BCUT2D eigenvalue weighted by molar-refractivity contribution is 7.89. The number of rotatable bonds is 7. The van der Waals surface area contributed by atoms with Gasteiger partial charge in [-0.3, -0.25) is 4.79 Å². The van der Waals surface area contributed by atoms with Gasteiger partial charge in [-0.15, -0.1) is 0 Å². The zero-order valence-electron chi connectivity index (χ0n) is 13.2. The molecule has 1 atom stereocenters. The van der Waals surface area contributed by atoms with E-state index in [-0.39, 0.29) is 30.2 Å². The number of hydrogen-bond acceptors (Lipinski definition) is 4. The molecule has 0 aromatic heterocycles. The van der Waals surface area contributed by atoms with Gasteiger partial charge in [0.2, 0.25) is 15.9 Å². The Morgan fingerprint density at radius 3 is 2.33 bits per heavy atom. The van der Waals surface area contributed by atoms with Gasteiger partial charge in [0.05, 0.1) is 18.4 Å². The molecule has 1 saturated heterocycles.